The molecule has 18 aromatic rings. The van der Waals surface area contributed by atoms with E-state index in [0.717, 1.165) is 101 Å². The van der Waals surface area contributed by atoms with Crippen molar-refractivity contribution in [3.05, 3.63) is 398 Å². The first-order chi connectivity index (χ1) is 52.1. The topological polar surface area (TPSA) is 16.3 Å². The lowest BCUT2D eigenvalue weighted by molar-refractivity contribution is 0.660. The van der Waals surface area contributed by atoms with Crippen LogP contribution in [-0.2, 0) is 10.8 Å². The van der Waals surface area contributed by atoms with E-state index in [4.69, 9.17) is 0 Å². The van der Waals surface area contributed by atoms with Crippen LogP contribution in [0.25, 0.3) is 133 Å². The second-order valence-electron chi connectivity index (χ2n) is 29.5. The van der Waals surface area contributed by atoms with Crippen molar-refractivity contribution in [2.24, 2.45) is 0 Å². The second-order valence-corrected chi connectivity index (χ2v) is 29.5. The Morgan fingerprint density at radius 3 is 0.962 bits per heavy atom. The number of rotatable bonds is 13. The maximum absolute atomic E-state index is 2.50. The van der Waals surface area contributed by atoms with Gasteiger partial charge in [0.2, 0.25) is 0 Å². The SMILES string of the molecule is CC1(C)c2ccccc2-c2ccc(N(c3ccc(-n4c(-c5ccccc5)c(-c5ccccc5)c5cc(-c6ccc7c(c6)c(-c6ccccc6)c(-c6ccccc6)n7-c6ccc(N(c7ccc8c(c7)C(C)(C)c7ccccc7-8)c7cccc8ccccc78)cc6)ccc54)cc3)c3cccc4ccccc34)cc21. The van der Waals surface area contributed by atoms with Crippen molar-refractivity contribution in [2.75, 3.05) is 9.80 Å². The number of benzene rings is 16. The van der Waals surface area contributed by atoms with E-state index in [1.165, 1.54) is 88.0 Å². The lowest BCUT2D eigenvalue weighted by Crippen LogP contribution is -2.16. The average molecular weight is 1360 g/mol. The molecular weight excluding hydrogens is 1280 g/mol. The number of hydrogen-bond donors (Lipinski definition) is 0. The molecule has 0 aliphatic heterocycles. The molecule has 0 atom stereocenters. The van der Waals surface area contributed by atoms with Crippen LogP contribution in [0.1, 0.15) is 49.9 Å². The molecule has 0 spiro atoms. The molecule has 4 nitrogen and oxygen atoms in total. The summed E-state index contributed by atoms with van der Waals surface area (Å²) in [5, 5.41) is 7.13. The number of fused-ring (bicyclic) bond motifs is 10. The Balaban J connectivity index is 0.745. The fraction of sp³-hybridized carbons (Fsp3) is 0.0588. The van der Waals surface area contributed by atoms with Crippen molar-refractivity contribution in [1.82, 2.24) is 9.13 Å². The summed E-state index contributed by atoms with van der Waals surface area (Å²) >= 11 is 0. The first-order valence-electron chi connectivity index (χ1n) is 37.0. The molecule has 0 N–H and O–H groups in total. The van der Waals surface area contributed by atoms with E-state index in [1.54, 1.807) is 0 Å². The molecule has 0 unspecified atom stereocenters. The molecule has 0 saturated heterocycles. The fourth-order valence-corrected chi connectivity index (χ4v) is 17.8. The summed E-state index contributed by atoms with van der Waals surface area (Å²) in [6.45, 7) is 9.48. The van der Waals surface area contributed by atoms with Gasteiger partial charge in [0.05, 0.1) is 33.8 Å². The number of hydrogen-bond acceptors (Lipinski definition) is 2. The summed E-state index contributed by atoms with van der Waals surface area (Å²) < 4.78 is 5.00. The normalized spacial score (nSPS) is 13.1. The Hall–Kier alpha value is -13.3. The van der Waals surface area contributed by atoms with Crippen molar-refractivity contribution in [3.63, 3.8) is 0 Å². The van der Waals surface area contributed by atoms with Crippen molar-refractivity contribution in [3.8, 4) is 89.5 Å². The molecule has 0 bridgehead atoms. The highest BCUT2D eigenvalue weighted by molar-refractivity contribution is 6.11. The minimum atomic E-state index is -0.165. The lowest BCUT2D eigenvalue weighted by Gasteiger charge is -2.29. The van der Waals surface area contributed by atoms with Crippen molar-refractivity contribution in [1.29, 1.82) is 0 Å². The van der Waals surface area contributed by atoms with Gasteiger partial charge in [-0.1, -0.05) is 295 Å². The van der Waals surface area contributed by atoms with Crippen LogP contribution >= 0.6 is 0 Å². The first-order valence-corrected chi connectivity index (χ1v) is 37.0. The van der Waals surface area contributed by atoms with E-state index < -0.39 is 0 Å². The van der Waals surface area contributed by atoms with E-state index in [-0.39, 0.29) is 10.8 Å². The molecule has 2 aliphatic carbocycles. The predicted octanol–water partition coefficient (Wildman–Crippen LogP) is 27.8. The van der Waals surface area contributed by atoms with Gasteiger partial charge in [-0.2, -0.15) is 0 Å². The molecule has 0 fully saturated rings. The smallest absolute Gasteiger partial charge is 0.0619 e. The summed E-state index contributed by atoms with van der Waals surface area (Å²) in [6, 6.07) is 140. The van der Waals surface area contributed by atoms with E-state index >= 15 is 0 Å². The second kappa shape index (κ2) is 24.7. The molecule has 16 aromatic carbocycles. The molecule has 106 heavy (non-hydrogen) atoms. The van der Waals surface area contributed by atoms with Crippen LogP contribution < -0.4 is 9.80 Å². The number of nitrogens with zero attached hydrogens (tertiary/aromatic N) is 4. The summed E-state index contributed by atoms with van der Waals surface area (Å²) in [5.74, 6) is 0. The fourth-order valence-electron chi connectivity index (χ4n) is 17.8. The zero-order valence-electron chi connectivity index (χ0n) is 59.6. The molecule has 0 saturated carbocycles. The quantitative estimate of drug-likeness (QED) is 0.114. The highest BCUT2D eigenvalue weighted by Gasteiger charge is 2.38. The molecule has 0 radical (unpaired) electrons. The van der Waals surface area contributed by atoms with E-state index in [9.17, 15) is 0 Å². The van der Waals surface area contributed by atoms with Crippen molar-refractivity contribution >= 4 is 77.5 Å². The van der Waals surface area contributed by atoms with Crippen molar-refractivity contribution in [2.45, 2.75) is 38.5 Å². The van der Waals surface area contributed by atoms with E-state index in [1.807, 2.05) is 0 Å². The van der Waals surface area contributed by atoms with Crippen molar-refractivity contribution < 1.29 is 0 Å². The highest BCUT2D eigenvalue weighted by atomic mass is 15.2. The zero-order valence-corrected chi connectivity index (χ0v) is 59.6. The Morgan fingerprint density at radius 1 is 0.226 bits per heavy atom. The van der Waals surface area contributed by atoms with Gasteiger partial charge in [-0.25, -0.2) is 0 Å². The third-order valence-corrected chi connectivity index (χ3v) is 22.9. The van der Waals surface area contributed by atoms with Crippen LogP contribution in [-0.4, -0.2) is 9.13 Å². The van der Waals surface area contributed by atoms with Gasteiger partial charge >= 0.3 is 0 Å². The molecule has 0 amide bonds. The third-order valence-electron chi connectivity index (χ3n) is 22.9. The van der Waals surface area contributed by atoms with Gasteiger partial charge in [-0.15, -0.1) is 0 Å². The Kier molecular flexibility index (Phi) is 14.6. The van der Waals surface area contributed by atoms with Gasteiger partial charge in [0, 0.05) is 77.6 Å². The van der Waals surface area contributed by atoms with Gasteiger partial charge in [-0.3, -0.25) is 0 Å². The molecule has 20 rings (SSSR count). The van der Waals surface area contributed by atoms with E-state index in [0.29, 0.717) is 0 Å². The highest BCUT2D eigenvalue weighted by Crippen LogP contribution is 2.55. The Bertz CT molecular complexity index is 6070. The molecule has 4 heteroatoms. The number of anilines is 6. The van der Waals surface area contributed by atoms with Crippen LogP contribution in [0.15, 0.2) is 376 Å². The van der Waals surface area contributed by atoms with E-state index in [2.05, 4.69) is 423 Å². The average Bonchev–Trinajstić information content (AvgIpc) is 1.58. The van der Waals surface area contributed by atoms with Gasteiger partial charge < -0.3 is 18.9 Å². The molecule has 2 aliphatic rings. The monoisotopic (exact) mass is 1350 g/mol. The van der Waals surface area contributed by atoms with Crippen LogP contribution in [0.2, 0.25) is 0 Å². The summed E-state index contributed by atoms with van der Waals surface area (Å²) in [7, 11) is 0. The molecule has 502 valence electrons. The summed E-state index contributed by atoms with van der Waals surface area (Å²) in [4.78, 5) is 4.92. The zero-order chi connectivity index (χ0) is 70.8. The van der Waals surface area contributed by atoms with Crippen LogP contribution in [0.4, 0.5) is 34.1 Å². The molecular formula is C102H74N4. The van der Waals surface area contributed by atoms with Gasteiger partial charge in [0.25, 0.3) is 0 Å². The Morgan fingerprint density at radius 2 is 0.557 bits per heavy atom. The van der Waals surface area contributed by atoms with Crippen LogP contribution in [0.5, 0.6) is 0 Å². The Labute approximate surface area is 618 Å². The summed E-state index contributed by atoms with van der Waals surface area (Å²) in [5.41, 5.74) is 32.9. The van der Waals surface area contributed by atoms with Gasteiger partial charge in [0.15, 0.2) is 0 Å². The predicted molar refractivity (Wildman–Crippen MR) is 447 cm³/mol. The number of aromatic nitrogens is 2. The minimum absolute atomic E-state index is 0.165. The first kappa shape index (κ1) is 62.5. The molecule has 2 aromatic heterocycles. The largest absolute Gasteiger partial charge is 0.310 e. The third kappa shape index (κ3) is 9.96. The van der Waals surface area contributed by atoms with Crippen LogP contribution in [0, 0.1) is 0 Å². The lowest BCUT2D eigenvalue weighted by atomic mass is 9.82. The van der Waals surface area contributed by atoms with Crippen LogP contribution in [0.3, 0.4) is 0 Å². The molecule has 2 heterocycles. The maximum Gasteiger partial charge on any atom is 0.0619 e. The van der Waals surface area contributed by atoms with Gasteiger partial charge in [0.1, 0.15) is 0 Å². The maximum atomic E-state index is 2.50. The standard InChI is InChI=1S/C102H74N4/c1-101(2)89-43-23-21-41-83(89)85-59-57-79(65-91(85)101)103(93-45-25-37-67-27-17-19-39-81(67)93)75-49-53-77(54-50-75)105-95-61-47-73(63-87(95)97(69-29-9-5-10-30-69)99(105)71-33-13-7-14-34-71)74-48-62-96-88(64-74)98(70-31-11-6-12-32-70)100(72-35-15-8-16-36-72)106(96)78-55-51-76(52-56-78)104(94-46-26-38-68-28-18-20-40-82(68)94)80-58-60-86-84-42-22-24-44-90(84)102(3,4)92(86)66-80/h5-66H,1-4H3. The summed E-state index contributed by atoms with van der Waals surface area (Å²) in [6.07, 6.45) is 0. The van der Waals surface area contributed by atoms with Gasteiger partial charge in [-0.05, 0) is 198 Å². The minimum Gasteiger partial charge on any atom is -0.310 e.